The van der Waals surface area contributed by atoms with Gasteiger partial charge in [-0.2, -0.15) is 0 Å². The van der Waals surface area contributed by atoms with Gasteiger partial charge in [0.15, 0.2) is 0 Å². The van der Waals surface area contributed by atoms with Crippen LogP contribution in [-0.2, 0) is 16.6 Å². The van der Waals surface area contributed by atoms with Crippen LogP contribution < -0.4 is 0 Å². The van der Waals surface area contributed by atoms with E-state index in [1.807, 2.05) is 0 Å². The van der Waals surface area contributed by atoms with Crippen LogP contribution in [-0.4, -0.2) is 12.8 Å². The minimum absolute atomic E-state index is 1.24. The molecule has 0 saturated heterocycles. The summed E-state index contributed by atoms with van der Waals surface area (Å²) in [7, 11) is 0. The molecule has 1 aliphatic carbocycles. The van der Waals surface area contributed by atoms with E-state index >= 15 is 0 Å². The van der Waals surface area contributed by atoms with Crippen molar-refractivity contribution in [3.8, 4) is 0 Å². The fourth-order valence-electron chi connectivity index (χ4n) is 1.00. The molecule has 0 radical (unpaired) electrons. The van der Waals surface area contributed by atoms with E-state index < -0.39 is 16.6 Å². The Labute approximate surface area is 96.4 Å². The van der Waals surface area contributed by atoms with Gasteiger partial charge in [-0.1, -0.05) is 0 Å². The van der Waals surface area contributed by atoms with Gasteiger partial charge in [0.1, 0.15) is 0 Å². The van der Waals surface area contributed by atoms with Gasteiger partial charge in [-0.05, 0) is 0 Å². The normalized spacial score (nSPS) is 13.6. The van der Waals surface area contributed by atoms with Crippen LogP contribution in [0.15, 0.2) is 22.1 Å². The average molecular weight is 259 g/mol. The zero-order chi connectivity index (χ0) is 10.9. The molecule has 0 bridgehead atoms. The standard InChI is InChI=1S/C5H5.2CH3Cl.3CH3.Ti/c1-2-4-5-3-1;2*1-2;;;;/h1-3H,4H2;2*1H3;3*1H3;. The molecular weight excluding hydrogens is 239 g/mol. The molecule has 78 valence electrons. The minimum atomic E-state index is -1.38. The average Bonchev–Trinajstić information content (AvgIpc) is 2.63. The first-order chi connectivity index (χ1) is 6.11. The first kappa shape index (κ1) is 16.2. The van der Waals surface area contributed by atoms with Crippen LogP contribution in [0.4, 0.5) is 0 Å². The van der Waals surface area contributed by atoms with E-state index in [-0.39, 0.29) is 0 Å². The molecule has 0 aromatic rings. The van der Waals surface area contributed by atoms with Gasteiger partial charge in [-0.3, -0.25) is 0 Å². The number of hydrogen-bond acceptors (Lipinski definition) is 0. The monoisotopic (exact) mass is 258 g/mol. The van der Waals surface area contributed by atoms with Crippen LogP contribution in [0, 0.1) is 0 Å². The molecule has 0 amide bonds. The Bertz CT molecular complexity index is 166. The van der Waals surface area contributed by atoms with E-state index in [2.05, 4.69) is 57.1 Å². The predicted molar refractivity (Wildman–Crippen MR) is 63.0 cm³/mol. The summed E-state index contributed by atoms with van der Waals surface area (Å²) in [5.74, 6) is 0. The second-order valence-corrected chi connectivity index (χ2v) is 11.6. The van der Waals surface area contributed by atoms with Crippen molar-refractivity contribution in [3.05, 3.63) is 22.1 Å². The van der Waals surface area contributed by atoms with E-state index in [9.17, 15) is 0 Å². The maximum atomic E-state index is 4.64. The van der Waals surface area contributed by atoms with Gasteiger partial charge >= 0.3 is 60.8 Å². The van der Waals surface area contributed by atoms with Crippen LogP contribution in [0.5, 0.6) is 0 Å². The van der Waals surface area contributed by atoms with Crippen molar-refractivity contribution in [2.45, 2.75) is 22.1 Å². The van der Waals surface area contributed by atoms with Crippen molar-refractivity contribution in [1.82, 2.24) is 0 Å². The summed E-state index contributed by atoms with van der Waals surface area (Å²) in [6, 6.07) is 0. The molecule has 0 heterocycles. The summed E-state index contributed by atoms with van der Waals surface area (Å²) in [5.41, 5.74) is 0. The zero-order valence-electron chi connectivity index (χ0n) is 9.20. The molecule has 0 spiro atoms. The van der Waals surface area contributed by atoms with Crippen molar-refractivity contribution < 1.29 is 16.6 Å². The topological polar surface area (TPSA) is 0 Å². The van der Waals surface area contributed by atoms with E-state index in [0.717, 1.165) is 0 Å². The molecule has 0 saturated carbocycles. The van der Waals surface area contributed by atoms with E-state index in [1.165, 1.54) is 19.2 Å². The summed E-state index contributed by atoms with van der Waals surface area (Å²) in [6.45, 7) is 0. The van der Waals surface area contributed by atoms with Crippen LogP contribution in [0.3, 0.4) is 0 Å². The Morgan fingerprint density at radius 1 is 1.08 bits per heavy atom. The summed E-state index contributed by atoms with van der Waals surface area (Å²) in [6.07, 6.45) is 10.9. The van der Waals surface area contributed by atoms with Gasteiger partial charge < -0.3 is 0 Å². The Morgan fingerprint density at radius 2 is 1.54 bits per heavy atom. The van der Waals surface area contributed by atoms with Gasteiger partial charge in [0, 0.05) is 12.8 Å². The van der Waals surface area contributed by atoms with Crippen molar-refractivity contribution in [2.75, 3.05) is 12.8 Å². The molecule has 0 fully saturated rings. The SMILES string of the molecule is CCl.CCl.[CH3][Ti]([CH3])([CH3])[C]1=CC=CC1. The van der Waals surface area contributed by atoms with E-state index in [4.69, 9.17) is 0 Å². The van der Waals surface area contributed by atoms with Crippen LogP contribution in [0.2, 0.25) is 15.7 Å². The zero-order valence-corrected chi connectivity index (χ0v) is 12.3. The first-order valence-electron chi connectivity index (χ1n) is 4.22. The summed E-state index contributed by atoms with van der Waals surface area (Å²) >= 11 is 7.90. The van der Waals surface area contributed by atoms with E-state index in [0.29, 0.717) is 0 Å². The van der Waals surface area contributed by atoms with Gasteiger partial charge in [-0.25, -0.2) is 0 Å². The van der Waals surface area contributed by atoms with Gasteiger partial charge in [-0.15, -0.1) is 23.2 Å². The van der Waals surface area contributed by atoms with Crippen LogP contribution in [0.1, 0.15) is 6.42 Å². The first-order valence-corrected chi connectivity index (χ1v) is 11.2. The third-order valence-corrected chi connectivity index (χ3v) is 5.32. The number of halogens is 2. The molecule has 0 unspecified atom stereocenters. The molecule has 0 aromatic carbocycles. The quantitative estimate of drug-likeness (QED) is 0.467. The Morgan fingerprint density at radius 3 is 1.69 bits per heavy atom. The molecule has 0 aliphatic heterocycles. The van der Waals surface area contributed by atoms with Gasteiger partial charge in [0.25, 0.3) is 0 Å². The van der Waals surface area contributed by atoms with Crippen molar-refractivity contribution in [2.24, 2.45) is 0 Å². The van der Waals surface area contributed by atoms with Crippen LogP contribution >= 0.6 is 23.2 Å². The molecule has 0 atom stereocenters. The number of allylic oxidation sites excluding steroid dienone is 4. The molecule has 3 heteroatoms. The molecular formula is C10H20Cl2Ti. The molecule has 0 aromatic heterocycles. The predicted octanol–water partition coefficient (Wildman–Crippen LogP) is 4.84. The molecule has 1 rings (SSSR count). The fourth-order valence-corrected chi connectivity index (χ4v) is 3.07. The molecule has 0 N–H and O–H groups in total. The van der Waals surface area contributed by atoms with Crippen LogP contribution in [0.25, 0.3) is 0 Å². The second-order valence-electron chi connectivity index (χ2n) is 3.57. The Kier molecular flexibility index (Phi) is 11.6. The summed E-state index contributed by atoms with van der Waals surface area (Å²) in [5, 5.41) is 7.33. The van der Waals surface area contributed by atoms with Crippen molar-refractivity contribution in [1.29, 1.82) is 0 Å². The van der Waals surface area contributed by atoms with Gasteiger partial charge in [0.05, 0.1) is 0 Å². The molecule has 1 aliphatic rings. The number of hydrogen-bond donors (Lipinski definition) is 0. The summed E-state index contributed by atoms with van der Waals surface area (Å²) in [4.78, 5) is 0. The van der Waals surface area contributed by atoms with Crippen molar-refractivity contribution >= 4 is 23.2 Å². The third kappa shape index (κ3) is 7.82. The van der Waals surface area contributed by atoms with Gasteiger partial charge in [0.2, 0.25) is 0 Å². The Hall–Kier alpha value is 0.774. The molecule has 13 heavy (non-hydrogen) atoms. The van der Waals surface area contributed by atoms with Crippen molar-refractivity contribution in [3.63, 3.8) is 0 Å². The third-order valence-electron chi connectivity index (χ3n) is 1.73. The maximum absolute atomic E-state index is 4.64. The van der Waals surface area contributed by atoms with E-state index in [1.54, 1.807) is 3.88 Å². The second kappa shape index (κ2) is 9.33. The Balaban J connectivity index is 0. The summed E-state index contributed by atoms with van der Waals surface area (Å²) < 4.78 is 1.73. The number of alkyl halides is 2. The fraction of sp³-hybridized carbons (Fsp3) is 0.600. The number of rotatable bonds is 1. The molecule has 0 nitrogen and oxygen atoms in total.